The number of benzene rings is 1. The number of thiophene rings is 1. The predicted octanol–water partition coefficient (Wildman–Crippen LogP) is 3.39. The number of para-hydroxylation sites is 1. The summed E-state index contributed by atoms with van der Waals surface area (Å²) in [6.45, 7) is 6.12. The SMILES string of the molecule is Cc1nn(-c2ccccc2)c(C)c1[C@@H]1C(=O)NCCN1CC(=O)N1CCC[C@H]1c1cccs1. The molecule has 2 fully saturated rings. The van der Waals surface area contributed by atoms with Crippen molar-refractivity contribution in [3.8, 4) is 5.69 Å². The fourth-order valence-electron chi connectivity index (χ4n) is 5.18. The van der Waals surface area contributed by atoms with Crippen LogP contribution in [0.3, 0.4) is 0 Å². The number of hydrogen-bond acceptors (Lipinski definition) is 5. The van der Waals surface area contributed by atoms with Gasteiger partial charge in [0.1, 0.15) is 6.04 Å². The van der Waals surface area contributed by atoms with Gasteiger partial charge in [0.05, 0.1) is 24.0 Å². The Morgan fingerprint density at radius 3 is 2.73 bits per heavy atom. The zero-order valence-corrected chi connectivity index (χ0v) is 19.8. The summed E-state index contributed by atoms with van der Waals surface area (Å²) in [5.41, 5.74) is 3.59. The molecule has 2 atom stereocenters. The first-order chi connectivity index (χ1) is 16.0. The molecule has 0 aliphatic carbocycles. The molecule has 33 heavy (non-hydrogen) atoms. The first-order valence-corrected chi connectivity index (χ1v) is 12.4. The normalized spacial score (nSPS) is 21.4. The van der Waals surface area contributed by atoms with Crippen LogP contribution in [0.4, 0.5) is 0 Å². The van der Waals surface area contributed by atoms with Gasteiger partial charge in [0.25, 0.3) is 0 Å². The summed E-state index contributed by atoms with van der Waals surface area (Å²) < 4.78 is 1.89. The Balaban J connectivity index is 1.42. The Kier molecular flexibility index (Phi) is 6.03. The van der Waals surface area contributed by atoms with E-state index in [1.54, 1.807) is 11.3 Å². The van der Waals surface area contributed by atoms with Crippen LogP contribution in [-0.2, 0) is 9.59 Å². The van der Waals surface area contributed by atoms with Crippen molar-refractivity contribution < 1.29 is 9.59 Å². The quantitative estimate of drug-likeness (QED) is 0.630. The molecule has 172 valence electrons. The number of aromatic nitrogens is 2. The lowest BCUT2D eigenvalue weighted by Gasteiger charge is -2.36. The van der Waals surface area contributed by atoms with E-state index in [2.05, 4.69) is 16.8 Å². The lowest BCUT2D eigenvalue weighted by molar-refractivity contribution is -0.137. The van der Waals surface area contributed by atoms with Crippen molar-refractivity contribution in [3.05, 3.63) is 69.7 Å². The van der Waals surface area contributed by atoms with Gasteiger partial charge in [0.15, 0.2) is 0 Å². The molecule has 0 unspecified atom stereocenters. The highest BCUT2D eigenvalue weighted by Gasteiger charge is 2.38. The summed E-state index contributed by atoms with van der Waals surface area (Å²) in [5, 5.41) is 9.81. The van der Waals surface area contributed by atoms with Crippen LogP contribution in [0, 0.1) is 13.8 Å². The standard InChI is InChI=1S/C25H29N5O2S/c1-17-23(18(2)30(27-17)19-8-4-3-5-9-19)24-25(32)26-12-14-28(24)16-22(31)29-13-6-10-20(29)21-11-7-15-33-21/h3-5,7-9,11,15,20,24H,6,10,12-14,16H2,1-2H3,(H,26,32)/t20-,24+/m0/s1. The molecule has 0 radical (unpaired) electrons. The number of carbonyl (C=O) groups excluding carboxylic acids is 2. The highest BCUT2D eigenvalue weighted by molar-refractivity contribution is 7.10. The van der Waals surface area contributed by atoms with E-state index in [9.17, 15) is 9.59 Å². The van der Waals surface area contributed by atoms with Crippen molar-refractivity contribution in [2.24, 2.45) is 0 Å². The maximum absolute atomic E-state index is 13.4. The molecule has 2 amide bonds. The Hall–Kier alpha value is -2.97. The van der Waals surface area contributed by atoms with Crippen LogP contribution in [0.2, 0.25) is 0 Å². The van der Waals surface area contributed by atoms with Crippen LogP contribution in [0.1, 0.15) is 46.8 Å². The molecule has 2 aromatic heterocycles. The number of carbonyl (C=O) groups is 2. The van der Waals surface area contributed by atoms with E-state index >= 15 is 0 Å². The second kappa shape index (κ2) is 9.11. The van der Waals surface area contributed by atoms with Crippen molar-refractivity contribution in [1.82, 2.24) is 24.9 Å². The van der Waals surface area contributed by atoms with Gasteiger partial charge in [0, 0.05) is 35.8 Å². The molecule has 3 aromatic rings. The van der Waals surface area contributed by atoms with E-state index < -0.39 is 6.04 Å². The van der Waals surface area contributed by atoms with Gasteiger partial charge < -0.3 is 10.2 Å². The van der Waals surface area contributed by atoms with Gasteiger partial charge >= 0.3 is 0 Å². The Labute approximate surface area is 198 Å². The van der Waals surface area contributed by atoms with Crippen LogP contribution in [0.25, 0.3) is 5.69 Å². The van der Waals surface area contributed by atoms with E-state index in [-0.39, 0.29) is 24.4 Å². The van der Waals surface area contributed by atoms with E-state index in [4.69, 9.17) is 5.10 Å². The van der Waals surface area contributed by atoms with E-state index in [0.717, 1.165) is 42.0 Å². The summed E-state index contributed by atoms with van der Waals surface area (Å²) in [7, 11) is 0. The number of amides is 2. The number of nitrogens with one attached hydrogen (secondary N) is 1. The number of rotatable bonds is 5. The smallest absolute Gasteiger partial charge is 0.242 e. The monoisotopic (exact) mass is 463 g/mol. The van der Waals surface area contributed by atoms with Crippen molar-refractivity contribution in [1.29, 1.82) is 0 Å². The summed E-state index contributed by atoms with van der Waals surface area (Å²) in [6, 6.07) is 13.7. The van der Waals surface area contributed by atoms with Crippen LogP contribution in [-0.4, -0.2) is 57.6 Å². The van der Waals surface area contributed by atoms with Crippen LogP contribution < -0.4 is 5.32 Å². The summed E-state index contributed by atoms with van der Waals surface area (Å²) in [5.74, 6) is 0.0282. The van der Waals surface area contributed by atoms with Crippen molar-refractivity contribution in [2.75, 3.05) is 26.2 Å². The van der Waals surface area contributed by atoms with E-state index in [0.29, 0.717) is 13.1 Å². The summed E-state index contributed by atoms with van der Waals surface area (Å²) in [6.07, 6.45) is 2.01. The molecule has 2 saturated heterocycles. The number of likely N-dealkylation sites (tertiary alicyclic amines) is 1. The van der Waals surface area contributed by atoms with Crippen molar-refractivity contribution in [2.45, 2.75) is 38.8 Å². The highest BCUT2D eigenvalue weighted by atomic mass is 32.1. The number of hydrogen-bond donors (Lipinski definition) is 1. The van der Waals surface area contributed by atoms with E-state index in [1.165, 1.54) is 4.88 Å². The Bertz CT molecular complexity index is 1140. The van der Waals surface area contributed by atoms with Crippen LogP contribution in [0.15, 0.2) is 47.8 Å². The third-order valence-corrected chi connectivity index (χ3v) is 7.69. The van der Waals surface area contributed by atoms with Crippen molar-refractivity contribution >= 4 is 23.2 Å². The van der Waals surface area contributed by atoms with Gasteiger partial charge in [-0.1, -0.05) is 24.3 Å². The average molecular weight is 464 g/mol. The maximum atomic E-state index is 13.4. The second-order valence-electron chi connectivity index (χ2n) is 8.76. The second-order valence-corrected chi connectivity index (χ2v) is 9.74. The first-order valence-electron chi connectivity index (χ1n) is 11.5. The summed E-state index contributed by atoms with van der Waals surface area (Å²) >= 11 is 1.71. The molecular weight excluding hydrogens is 434 g/mol. The Morgan fingerprint density at radius 2 is 1.97 bits per heavy atom. The fourth-order valence-corrected chi connectivity index (χ4v) is 6.05. The minimum atomic E-state index is -0.525. The molecule has 7 nitrogen and oxygen atoms in total. The average Bonchev–Trinajstić information content (AvgIpc) is 3.56. The van der Waals surface area contributed by atoms with Gasteiger partial charge in [-0.3, -0.25) is 14.5 Å². The number of nitrogens with zero attached hydrogens (tertiary/aromatic N) is 4. The largest absolute Gasteiger partial charge is 0.353 e. The zero-order chi connectivity index (χ0) is 22.9. The molecule has 2 aliphatic rings. The molecule has 0 bridgehead atoms. The van der Waals surface area contributed by atoms with E-state index in [1.807, 2.05) is 64.7 Å². The van der Waals surface area contributed by atoms with Gasteiger partial charge in [0.2, 0.25) is 11.8 Å². The molecular formula is C25H29N5O2S. The molecule has 4 heterocycles. The molecule has 5 rings (SSSR count). The van der Waals surface area contributed by atoms with Crippen LogP contribution >= 0.6 is 11.3 Å². The third-order valence-electron chi connectivity index (χ3n) is 6.72. The zero-order valence-electron chi connectivity index (χ0n) is 19.0. The van der Waals surface area contributed by atoms with Crippen LogP contribution in [0.5, 0.6) is 0 Å². The Morgan fingerprint density at radius 1 is 1.15 bits per heavy atom. The molecule has 0 saturated carbocycles. The van der Waals surface area contributed by atoms with Gasteiger partial charge in [-0.05, 0) is 50.3 Å². The van der Waals surface area contributed by atoms with Gasteiger partial charge in [-0.15, -0.1) is 11.3 Å². The minimum absolute atomic E-state index is 0.0657. The lowest BCUT2D eigenvalue weighted by atomic mass is 10.00. The highest BCUT2D eigenvalue weighted by Crippen LogP contribution is 2.35. The molecule has 1 aromatic carbocycles. The van der Waals surface area contributed by atoms with Crippen molar-refractivity contribution in [3.63, 3.8) is 0 Å². The van der Waals surface area contributed by atoms with Gasteiger partial charge in [-0.25, -0.2) is 4.68 Å². The molecule has 8 heteroatoms. The third kappa shape index (κ3) is 4.09. The predicted molar refractivity (Wildman–Crippen MR) is 128 cm³/mol. The lowest BCUT2D eigenvalue weighted by Crippen LogP contribution is -2.53. The molecule has 1 N–H and O–H groups in total. The molecule has 0 spiro atoms. The topological polar surface area (TPSA) is 70.5 Å². The number of aryl methyl sites for hydroxylation is 1. The maximum Gasteiger partial charge on any atom is 0.242 e. The van der Waals surface area contributed by atoms with Gasteiger partial charge in [-0.2, -0.15) is 5.10 Å². The molecule has 2 aliphatic heterocycles. The fraction of sp³-hybridized carbons (Fsp3) is 0.400. The minimum Gasteiger partial charge on any atom is -0.353 e. The summed E-state index contributed by atoms with van der Waals surface area (Å²) in [4.78, 5) is 31.8. The first kappa shape index (κ1) is 21.9. The number of piperazine rings is 1.